The topological polar surface area (TPSA) is 115 Å². The minimum Gasteiger partial charge on any atom is -0.391 e. The Morgan fingerprint density at radius 3 is 2.56 bits per heavy atom. The number of hydrogen-bond donors (Lipinski definition) is 3. The smallest absolute Gasteiger partial charge is 0.391 e. The van der Waals surface area contributed by atoms with Gasteiger partial charge in [0.05, 0.1) is 22.6 Å². The van der Waals surface area contributed by atoms with E-state index in [0.29, 0.717) is 74.2 Å². The van der Waals surface area contributed by atoms with E-state index in [0.717, 1.165) is 11.6 Å². The fourth-order valence-electron chi connectivity index (χ4n) is 4.58. The van der Waals surface area contributed by atoms with Crippen LogP contribution in [0.4, 0.5) is 36.6 Å². The van der Waals surface area contributed by atoms with E-state index in [1.165, 1.54) is 12.3 Å². The van der Waals surface area contributed by atoms with Crippen LogP contribution < -0.4 is 15.1 Å². The number of pyridine rings is 1. The largest absolute Gasteiger partial charge is 0.410 e. The fourth-order valence-corrected chi connectivity index (χ4v) is 4.58. The number of aromatic nitrogens is 5. The van der Waals surface area contributed by atoms with Crippen molar-refractivity contribution < 1.29 is 23.4 Å². The fraction of sp³-hybridized carbons (Fsp3) is 0.565. The van der Waals surface area contributed by atoms with Crippen LogP contribution in [0, 0.1) is 0 Å². The van der Waals surface area contributed by atoms with E-state index in [1.807, 2.05) is 11.8 Å². The molecule has 0 amide bonds. The van der Waals surface area contributed by atoms with Crippen molar-refractivity contribution in [2.75, 3.05) is 41.3 Å². The Morgan fingerprint density at radius 2 is 1.89 bits per heavy atom. The molecule has 0 bridgehead atoms. The Bertz CT molecular complexity index is 1240. The van der Waals surface area contributed by atoms with Crippen LogP contribution in [-0.2, 0) is 0 Å². The van der Waals surface area contributed by atoms with Gasteiger partial charge in [0.25, 0.3) is 0 Å². The first kappa shape index (κ1) is 24.5. The SMILES string of the molecule is CC(n1nc(N2CCC(O)C2)c2cnc(Nc3ccnc(N4CCC(C)(O)CC4)n3)cc21)C(F)(F)F. The van der Waals surface area contributed by atoms with E-state index in [1.54, 1.807) is 17.2 Å². The summed E-state index contributed by atoms with van der Waals surface area (Å²) in [7, 11) is 0. The van der Waals surface area contributed by atoms with Crippen molar-refractivity contribution in [3.63, 3.8) is 0 Å². The maximum absolute atomic E-state index is 13.6. The molecule has 194 valence electrons. The van der Waals surface area contributed by atoms with Gasteiger partial charge in [0.2, 0.25) is 5.95 Å². The summed E-state index contributed by atoms with van der Waals surface area (Å²) in [6.07, 6.45) is -0.202. The molecule has 0 aliphatic carbocycles. The van der Waals surface area contributed by atoms with Gasteiger partial charge < -0.3 is 25.3 Å². The Morgan fingerprint density at radius 1 is 1.14 bits per heavy atom. The van der Waals surface area contributed by atoms with Gasteiger partial charge in [0.1, 0.15) is 17.7 Å². The van der Waals surface area contributed by atoms with Gasteiger partial charge >= 0.3 is 6.18 Å². The molecule has 3 aromatic rings. The number of aliphatic hydroxyl groups is 2. The molecule has 2 saturated heterocycles. The van der Waals surface area contributed by atoms with Gasteiger partial charge in [-0.3, -0.25) is 4.68 Å². The number of rotatable bonds is 5. The van der Waals surface area contributed by atoms with Crippen LogP contribution in [0.25, 0.3) is 10.9 Å². The average molecular weight is 507 g/mol. The molecule has 2 atom stereocenters. The summed E-state index contributed by atoms with van der Waals surface area (Å²) in [5, 5.41) is 28.0. The van der Waals surface area contributed by atoms with Gasteiger partial charge in [0.15, 0.2) is 5.82 Å². The van der Waals surface area contributed by atoms with Gasteiger partial charge in [-0.05, 0) is 39.2 Å². The molecular weight excluding hydrogens is 477 g/mol. The molecule has 0 spiro atoms. The predicted octanol–water partition coefficient (Wildman–Crippen LogP) is 3.01. The summed E-state index contributed by atoms with van der Waals surface area (Å²) >= 11 is 0. The second-order valence-electron chi connectivity index (χ2n) is 9.81. The van der Waals surface area contributed by atoms with Gasteiger partial charge in [0, 0.05) is 44.6 Å². The third kappa shape index (κ3) is 4.89. The minimum atomic E-state index is -4.49. The third-order valence-corrected chi connectivity index (χ3v) is 6.90. The van der Waals surface area contributed by atoms with Crippen molar-refractivity contribution in [1.82, 2.24) is 24.7 Å². The highest BCUT2D eigenvalue weighted by Gasteiger charge is 2.40. The van der Waals surface area contributed by atoms with Crippen molar-refractivity contribution in [3.8, 4) is 0 Å². The van der Waals surface area contributed by atoms with E-state index < -0.39 is 23.9 Å². The van der Waals surface area contributed by atoms with Crippen LogP contribution in [0.3, 0.4) is 0 Å². The van der Waals surface area contributed by atoms with Gasteiger partial charge in [-0.25, -0.2) is 9.97 Å². The Kier molecular flexibility index (Phi) is 6.15. The quantitative estimate of drug-likeness (QED) is 0.480. The standard InChI is InChI=1S/C23H29F3N8O2/c1-14(23(24,25)26)34-17-11-19(28-12-16(17)20(31-34)33-8-4-15(35)13-33)29-18-3-7-27-21(30-18)32-9-5-22(2,36)6-10-32/h3,7,11-12,14-15,35-36H,4-6,8-10,13H2,1-2H3,(H,27,28,29,30). The first-order chi connectivity index (χ1) is 17.0. The molecule has 3 aromatic heterocycles. The van der Waals surface area contributed by atoms with Crippen LogP contribution in [0.5, 0.6) is 0 Å². The summed E-state index contributed by atoms with van der Waals surface area (Å²) in [5.41, 5.74) is -0.421. The lowest BCUT2D eigenvalue weighted by Gasteiger charge is -2.35. The second kappa shape index (κ2) is 9.04. The molecule has 2 aliphatic heterocycles. The summed E-state index contributed by atoms with van der Waals surface area (Å²) in [6, 6.07) is 1.33. The zero-order valence-corrected chi connectivity index (χ0v) is 20.1. The molecule has 0 radical (unpaired) electrons. The number of aliphatic hydroxyl groups excluding tert-OH is 1. The molecule has 36 heavy (non-hydrogen) atoms. The molecule has 2 fully saturated rings. The van der Waals surface area contributed by atoms with Gasteiger partial charge in [-0.1, -0.05) is 0 Å². The van der Waals surface area contributed by atoms with E-state index >= 15 is 0 Å². The number of β-amino-alcohol motifs (C(OH)–C–C–N with tert-alkyl or cyclic N) is 1. The van der Waals surface area contributed by atoms with Crippen molar-refractivity contribution in [2.45, 2.75) is 57.0 Å². The van der Waals surface area contributed by atoms with Crippen molar-refractivity contribution in [1.29, 1.82) is 0 Å². The number of piperidine rings is 1. The minimum absolute atomic E-state index is 0.279. The summed E-state index contributed by atoms with van der Waals surface area (Å²) < 4.78 is 41.9. The molecule has 0 saturated carbocycles. The van der Waals surface area contributed by atoms with Gasteiger partial charge in [-0.2, -0.15) is 23.3 Å². The Labute approximate surface area is 205 Å². The number of anilines is 4. The molecule has 0 aromatic carbocycles. The van der Waals surface area contributed by atoms with Crippen LogP contribution in [0.15, 0.2) is 24.5 Å². The predicted molar refractivity (Wildman–Crippen MR) is 129 cm³/mol. The van der Waals surface area contributed by atoms with Crippen LogP contribution in [0.2, 0.25) is 0 Å². The number of hydrogen-bond acceptors (Lipinski definition) is 9. The number of alkyl halides is 3. The average Bonchev–Trinajstić information content (AvgIpc) is 3.41. The second-order valence-corrected chi connectivity index (χ2v) is 9.81. The summed E-state index contributed by atoms with van der Waals surface area (Å²) in [6.45, 7) is 4.92. The first-order valence-electron chi connectivity index (χ1n) is 12.0. The Hall–Kier alpha value is -3.19. The monoisotopic (exact) mass is 506 g/mol. The van der Waals surface area contributed by atoms with E-state index in [9.17, 15) is 23.4 Å². The Balaban J connectivity index is 1.45. The van der Waals surface area contributed by atoms with Crippen LogP contribution in [0.1, 0.15) is 39.2 Å². The van der Waals surface area contributed by atoms with E-state index in [4.69, 9.17) is 0 Å². The van der Waals surface area contributed by atoms with Crippen LogP contribution >= 0.6 is 0 Å². The van der Waals surface area contributed by atoms with Crippen molar-refractivity contribution in [3.05, 3.63) is 24.5 Å². The first-order valence-corrected chi connectivity index (χ1v) is 12.0. The van der Waals surface area contributed by atoms with Gasteiger partial charge in [-0.15, -0.1) is 0 Å². The lowest BCUT2D eigenvalue weighted by Crippen LogP contribution is -2.43. The lowest BCUT2D eigenvalue weighted by molar-refractivity contribution is -0.164. The third-order valence-electron chi connectivity index (χ3n) is 6.90. The zero-order chi connectivity index (χ0) is 25.7. The summed E-state index contributed by atoms with van der Waals surface area (Å²) in [4.78, 5) is 17.0. The van der Waals surface area contributed by atoms with E-state index in [-0.39, 0.29) is 5.52 Å². The highest BCUT2D eigenvalue weighted by molar-refractivity contribution is 5.92. The highest BCUT2D eigenvalue weighted by Crippen LogP contribution is 2.37. The van der Waals surface area contributed by atoms with Crippen molar-refractivity contribution in [2.24, 2.45) is 0 Å². The number of halogens is 3. The van der Waals surface area contributed by atoms with Crippen molar-refractivity contribution >= 4 is 34.3 Å². The molecule has 5 rings (SSSR count). The molecule has 2 aliphatic rings. The number of nitrogens with one attached hydrogen (secondary N) is 1. The molecule has 5 heterocycles. The molecule has 2 unspecified atom stereocenters. The number of nitrogens with zero attached hydrogens (tertiary/aromatic N) is 7. The summed E-state index contributed by atoms with van der Waals surface area (Å²) in [5.74, 6) is 1.64. The molecular formula is C23H29F3N8O2. The number of fused-ring (bicyclic) bond motifs is 1. The van der Waals surface area contributed by atoms with Crippen LogP contribution in [-0.4, -0.2) is 79.0 Å². The maximum Gasteiger partial charge on any atom is 0.410 e. The van der Waals surface area contributed by atoms with E-state index in [2.05, 4.69) is 25.4 Å². The maximum atomic E-state index is 13.6. The lowest BCUT2D eigenvalue weighted by atomic mass is 9.94. The molecule has 13 heteroatoms. The zero-order valence-electron chi connectivity index (χ0n) is 20.1. The molecule has 3 N–H and O–H groups in total. The normalized spacial score (nSPS) is 21.2. The molecule has 10 nitrogen and oxygen atoms in total. The highest BCUT2D eigenvalue weighted by atomic mass is 19.4.